The molecule has 0 amide bonds. The molecule has 1 saturated carbocycles. The van der Waals surface area contributed by atoms with Crippen molar-refractivity contribution in [3.63, 3.8) is 0 Å². The number of nitrogens with one attached hydrogen (secondary N) is 1. The van der Waals surface area contributed by atoms with Gasteiger partial charge in [-0.05, 0) is 45.1 Å². The van der Waals surface area contributed by atoms with Gasteiger partial charge in [0, 0.05) is 36.6 Å². The number of alkyl halides is 5. The zero-order valence-electron chi connectivity index (χ0n) is 16.5. The van der Waals surface area contributed by atoms with Gasteiger partial charge in [0.2, 0.25) is 0 Å². The summed E-state index contributed by atoms with van der Waals surface area (Å²) >= 11 is 0. The van der Waals surface area contributed by atoms with Gasteiger partial charge < -0.3 is 5.32 Å². The second-order valence-corrected chi connectivity index (χ2v) is 8.52. The highest BCUT2D eigenvalue weighted by Crippen LogP contribution is 2.43. The van der Waals surface area contributed by atoms with Crippen LogP contribution >= 0.6 is 0 Å². The second-order valence-electron chi connectivity index (χ2n) is 8.52. The fourth-order valence-electron chi connectivity index (χ4n) is 4.77. The van der Waals surface area contributed by atoms with Gasteiger partial charge in [-0.25, -0.2) is 18.3 Å². The monoisotopic (exact) mass is 416 g/mol. The van der Waals surface area contributed by atoms with Crippen LogP contribution in [0.2, 0.25) is 0 Å². The third-order valence-electron chi connectivity index (χ3n) is 6.46. The normalized spacial score (nSPS) is 28.0. The minimum atomic E-state index is -4.15. The number of fused-ring (bicyclic) bond motifs is 1. The Morgan fingerprint density at radius 1 is 1.10 bits per heavy atom. The molecule has 1 aliphatic heterocycles. The molecule has 0 radical (unpaired) electrons. The molecule has 2 aliphatic rings. The Hall–Kier alpha value is -1.77. The van der Waals surface area contributed by atoms with Crippen LogP contribution in [0.1, 0.15) is 66.6 Å². The van der Waals surface area contributed by atoms with E-state index in [2.05, 4.69) is 15.4 Å². The molecule has 1 aliphatic carbocycles. The minimum absolute atomic E-state index is 0.0605. The average Bonchev–Trinajstić information content (AvgIpc) is 3.04. The first-order valence-corrected chi connectivity index (χ1v) is 10.1. The van der Waals surface area contributed by atoms with Crippen LogP contribution in [0.4, 0.5) is 22.0 Å². The molecule has 4 nitrogen and oxygen atoms in total. The van der Waals surface area contributed by atoms with Crippen molar-refractivity contribution in [2.75, 3.05) is 13.1 Å². The summed E-state index contributed by atoms with van der Waals surface area (Å²) in [7, 11) is 0. The van der Waals surface area contributed by atoms with Crippen LogP contribution in [0.15, 0.2) is 6.07 Å². The standard InChI is InChI=1S/C20H25F5N4/c1-11-12(2)27-17-7-16(13-3-5-15(6-4-13)20(23,24)25)28-29(17)18(11)14-8-19(21,22)10-26-9-14/h7,13-15,26H,3-6,8-10H2,1-2H3/t13-,14?,15-. The summed E-state index contributed by atoms with van der Waals surface area (Å²) in [6.07, 6.45) is -3.37. The summed E-state index contributed by atoms with van der Waals surface area (Å²) < 4.78 is 68.5. The topological polar surface area (TPSA) is 42.2 Å². The number of rotatable bonds is 2. The third kappa shape index (κ3) is 3.98. The summed E-state index contributed by atoms with van der Waals surface area (Å²) in [6.45, 7) is 3.80. The molecular formula is C20H25F5N4. The van der Waals surface area contributed by atoms with E-state index in [1.807, 2.05) is 19.9 Å². The van der Waals surface area contributed by atoms with E-state index in [9.17, 15) is 22.0 Å². The van der Waals surface area contributed by atoms with E-state index in [-0.39, 0.29) is 31.7 Å². The number of aromatic nitrogens is 3. The molecule has 0 bridgehead atoms. The smallest absolute Gasteiger partial charge is 0.311 e. The molecule has 2 aromatic rings. The average molecular weight is 416 g/mol. The first-order valence-electron chi connectivity index (χ1n) is 10.1. The van der Waals surface area contributed by atoms with Crippen molar-refractivity contribution < 1.29 is 22.0 Å². The SMILES string of the molecule is Cc1nc2cc([C@H]3CC[C@H](C(F)(F)F)CC3)nn2c(C2CNCC(F)(F)C2)c1C. The largest absolute Gasteiger partial charge is 0.391 e. The first kappa shape index (κ1) is 20.5. The van der Waals surface area contributed by atoms with Crippen molar-refractivity contribution in [1.82, 2.24) is 19.9 Å². The Kier molecular flexibility index (Phi) is 5.07. The Morgan fingerprint density at radius 2 is 1.79 bits per heavy atom. The maximum Gasteiger partial charge on any atom is 0.391 e. The zero-order chi connectivity index (χ0) is 21.0. The summed E-state index contributed by atoms with van der Waals surface area (Å²) in [6, 6.07) is 1.81. The highest BCUT2D eigenvalue weighted by Gasteiger charge is 2.42. The van der Waals surface area contributed by atoms with Gasteiger partial charge in [-0.2, -0.15) is 18.3 Å². The van der Waals surface area contributed by atoms with E-state index >= 15 is 0 Å². The molecule has 1 atom stereocenters. The lowest BCUT2D eigenvalue weighted by Gasteiger charge is -2.31. The Bertz CT molecular complexity index is 896. The maximum atomic E-state index is 14.0. The Balaban J connectivity index is 1.66. The van der Waals surface area contributed by atoms with Crippen molar-refractivity contribution in [2.45, 2.75) is 69.9 Å². The van der Waals surface area contributed by atoms with E-state index in [0.29, 0.717) is 30.7 Å². The van der Waals surface area contributed by atoms with E-state index in [1.54, 1.807) is 4.52 Å². The molecule has 160 valence electrons. The number of nitrogens with zero attached hydrogens (tertiary/aromatic N) is 3. The second kappa shape index (κ2) is 7.18. The molecule has 1 N–H and O–H groups in total. The highest BCUT2D eigenvalue weighted by molar-refractivity contribution is 5.46. The van der Waals surface area contributed by atoms with Crippen LogP contribution < -0.4 is 5.32 Å². The van der Waals surface area contributed by atoms with E-state index in [0.717, 1.165) is 17.0 Å². The van der Waals surface area contributed by atoms with Gasteiger partial charge in [-0.1, -0.05) is 0 Å². The Labute approximate surface area is 165 Å². The molecule has 4 rings (SSSR count). The fourth-order valence-corrected chi connectivity index (χ4v) is 4.77. The van der Waals surface area contributed by atoms with Crippen molar-refractivity contribution >= 4 is 5.65 Å². The molecule has 9 heteroatoms. The predicted molar refractivity (Wildman–Crippen MR) is 98.4 cm³/mol. The van der Waals surface area contributed by atoms with Gasteiger partial charge in [-0.15, -0.1) is 0 Å². The van der Waals surface area contributed by atoms with Gasteiger partial charge in [0.15, 0.2) is 5.65 Å². The maximum absolute atomic E-state index is 14.0. The van der Waals surface area contributed by atoms with Crippen LogP contribution in [-0.2, 0) is 0 Å². The van der Waals surface area contributed by atoms with Crippen molar-refractivity contribution in [3.8, 4) is 0 Å². The molecule has 3 heterocycles. The lowest BCUT2D eigenvalue weighted by Crippen LogP contribution is -2.43. The van der Waals surface area contributed by atoms with E-state index in [4.69, 9.17) is 0 Å². The molecule has 2 aromatic heterocycles. The molecule has 0 spiro atoms. The van der Waals surface area contributed by atoms with Crippen LogP contribution in [0.5, 0.6) is 0 Å². The van der Waals surface area contributed by atoms with Crippen molar-refractivity contribution in [1.29, 1.82) is 0 Å². The predicted octanol–water partition coefficient (Wildman–Crippen LogP) is 4.89. The first-order chi connectivity index (χ1) is 13.5. The summed E-state index contributed by atoms with van der Waals surface area (Å²) in [5, 5.41) is 7.45. The van der Waals surface area contributed by atoms with Crippen molar-refractivity contribution in [2.24, 2.45) is 5.92 Å². The fraction of sp³-hybridized carbons (Fsp3) is 0.700. The third-order valence-corrected chi connectivity index (χ3v) is 6.46. The van der Waals surface area contributed by atoms with Crippen molar-refractivity contribution in [3.05, 3.63) is 28.7 Å². The van der Waals surface area contributed by atoms with Gasteiger partial charge >= 0.3 is 6.18 Å². The minimum Gasteiger partial charge on any atom is -0.311 e. The van der Waals surface area contributed by atoms with E-state index < -0.39 is 23.9 Å². The molecule has 2 fully saturated rings. The molecule has 29 heavy (non-hydrogen) atoms. The van der Waals surface area contributed by atoms with Crippen LogP contribution in [0.3, 0.4) is 0 Å². The lowest BCUT2D eigenvalue weighted by molar-refractivity contribution is -0.182. The molecular weight excluding hydrogens is 391 g/mol. The highest BCUT2D eigenvalue weighted by atomic mass is 19.4. The summed E-state index contributed by atoms with van der Waals surface area (Å²) in [4.78, 5) is 4.55. The number of halogens is 5. The quantitative estimate of drug-likeness (QED) is 0.709. The van der Waals surface area contributed by atoms with Crippen LogP contribution in [0.25, 0.3) is 5.65 Å². The van der Waals surface area contributed by atoms with E-state index in [1.165, 1.54) is 0 Å². The number of hydrogen-bond donors (Lipinski definition) is 1. The van der Waals surface area contributed by atoms with Gasteiger partial charge in [-0.3, -0.25) is 0 Å². The number of piperidine rings is 1. The van der Waals surface area contributed by atoms with Crippen LogP contribution in [0, 0.1) is 19.8 Å². The molecule has 1 unspecified atom stereocenters. The van der Waals surface area contributed by atoms with Gasteiger partial charge in [0.25, 0.3) is 5.92 Å². The number of hydrogen-bond acceptors (Lipinski definition) is 3. The van der Waals surface area contributed by atoms with Gasteiger partial charge in [0.05, 0.1) is 23.9 Å². The molecule has 1 saturated heterocycles. The molecule has 0 aromatic carbocycles. The zero-order valence-corrected chi connectivity index (χ0v) is 16.5. The number of aryl methyl sites for hydroxylation is 1. The summed E-state index contributed by atoms with van der Waals surface area (Å²) in [5.41, 5.74) is 3.59. The van der Waals surface area contributed by atoms with Crippen LogP contribution in [-0.4, -0.2) is 39.8 Å². The lowest BCUT2D eigenvalue weighted by atomic mass is 9.80. The Morgan fingerprint density at radius 3 is 2.41 bits per heavy atom. The summed E-state index contributed by atoms with van der Waals surface area (Å²) in [5.74, 6) is -4.50. The van der Waals surface area contributed by atoms with Gasteiger partial charge in [0.1, 0.15) is 0 Å².